The summed E-state index contributed by atoms with van der Waals surface area (Å²) in [5, 5.41) is 3.14. The van der Waals surface area contributed by atoms with Gasteiger partial charge in [0.15, 0.2) is 0 Å². The molecule has 0 spiro atoms. The van der Waals surface area contributed by atoms with Crippen molar-refractivity contribution in [2.75, 3.05) is 13.1 Å². The lowest BCUT2D eigenvalue weighted by Gasteiger charge is -2.42. The molecule has 1 aliphatic rings. The van der Waals surface area contributed by atoms with Crippen LogP contribution in [0.15, 0.2) is 48.8 Å². The zero-order chi connectivity index (χ0) is 21.6. The minimum Gasteiger partial charge on any atom is -0.353 e. The number of pyridine rings is 1. The molecule has 1 saturated heterocycles. The Kier molecular flexibility index (Phi) is 7.24. The van der Waals surface area contributed by atoms with Crippen LogP contribution >= 0.6 is 0 Å². The number of carbonyl (C=O) groups excluding carboxylic acids is 2. The Balaban J connectivity index is 1.97. The zero-order valence-electron chi connectivity index (χ0n) is 18.4. The van der Waals surface area contributed by atoms with Gasteiger partial charge in [-0.3, -0.25) is 14.6 Å². The highest BCUT2D eigenvalue weighted by Crippen LogP contribution is 2.37. The second-order valence-corrected chi connectivity index (χ2v) is 8.65. The number of piperidine rings is 1. The van der Waals surface area contributed by atoms with Crippen molar-refractivity contribution in [3.05, 3.63) is 54.4 Å². The summed E-state index contributed by atoms with van der Waals surface area (Å²) in [6, 6.07) is 12.3. The molecular formula is C25H33N3O2. The van der Waals surface area contributed by atoms with Crippen LogP contribution in [0.2, 0.25) is 0 Å². The topological polar surface area (TPSA) is 62.3 Å². The van der Waals surface area contributed by atoms with Gasteiger partial charge in [0, 0.05) is 43.5 Å². The number of carbonyl (C=O) groups is 2. The van der Waals surface area contributed by atoms with Crippen LogP contribution in [0.3, 0.4) is 0 Å². The van der Waals surface area contributed by atoms with Gasteiger partial charge in [-0.1, -0.05) is 37.3 Å². The summed E-state index contributed by atoms with van der Waals surface area (Å²) in [4.78, 5) is 32.3. The minimum atomic E-state index is -0.621. The molecular weight excluding hydrogens is 374 g/mol. The molecule has 1 fully saturated rings. The summed E-state index contributed by atoms with van der Waals surface area (Å²) < 4.78 is 0. The molecule has 3 rings (SSSR count). The van der Waals surface area contributed by atoms with Gasteiger partial charge in [-0.05, 0) is 56.7 Å². The predicted molar refractivity (Wildman–Crippen MR) is 120 cm³/mol. The standard InChI is InChI=1S/C25H33N3O2/c1-4-9-23(29)28-15-8-13-25(18-28,24(30)27-19(2)3)16-20-10-5-6-12-22(20)21-11-7-14-26-17-21/h5-7,10-12,14,17,19H,4,8-9,13,15-16,18H2,1-3H3,(H,27,30). The maximum absolute atomic E-state index is 13.4. The van der Waals surface area contributed by atoms with Gasteiger partial charge in [0.25, 0.3) is 0 Å². The fourth-order valence-electron chi connectivity index (χ4n) is 4.38. The Morgan fingerprint density at radius 3 is 2.70 bits per heavy atom. The largest absolute Gasteiger partial charge is 0.353 e. The third-order valence-electron chi connectivity index (χ3n) is 5.81. The van der Waals surface area contributed by atoms with E-state index in [4.69, 9.17) is 0 Å². The van der Waals surface area contributed by atoms with E-state index < -0.39 is 5.41 Å². The first kappa shape index (κ1) is 22.0. The van der Waals surface area contributed by atoms with Gasteiger partial charge < -0.3 is 10.2 Å². The summed E-state index contributed by atoms with van der Waals surface area (Å²) in [5.74, 6) is 0.201. The number of benzene rings is 1. The van der Waals surface area contributed by atoms with Gasteiger partial charge in [0.05, 0.1) is 5.41 Å². The number of rotatable bonds is 7. The Hall–Kier alpha value is -2.69. The van der Waals surface area contributed by atoms with E-state index in [1.807, 2.05) is 56.1 Å². The molecule has 1 unspecified atom stereocenters. The summed E-state index contributed by atoms with van der Waals surface area (Å²) >= 11 is 0. The summed E-state index contributed by atoms with van der Waals surface area (Å²) in [6.45, 7) is 7.20. The molecule has 2 aromatic rings. The fourth-order valence-corrected chi connectivity index (χ4v) is 4.38. The van der Waals surface area contributed by atoms with Gasteiger partial charge in [-0.2, -0.15) is 0 Å². The second-order valence-electron chi connectivity index (χ2n) is 8.65. The second kappa shape index (κ2) is 9.88. The molecule has 5 nitrogen and oxygen atoms in total. The van der Waals surface area contributed by atoms with E-state index in [0.29, 0.717) is 19.4 Å². The van der Waals surface area contributed by atoms with Crippen molar-refractivity contribution < 1.29 is 9.59 Å². The molecule has 1 N–H and O–H groups in total. The molecule has 1 atom stereocenters. The van der Waals surface area contributed by atoms with Crippen molar-refractivity contribution in [2.45, 2.75) is 58.9 Å². The van der Waals surface area contributed by atoms with Gasteiger partial charge in [-0.25, -0.2) is 0 Å². The molecule has 2 amide bonds. The number of hydrogen-bond acceptors (Lipinski definition) is 3. The Morgan fingerprint density at radius 2 is 2.00 bits per heavy atom. The van der Waals surface area contributed by atoms with Crippen LogP contribution in [0.25, 0.3) is 11.1 Å². The quantitative estimate of drug-likeness (QED) is 0.747. The molecule has 5 heteroatoms. The monoisotopic (exact) mass is 407 g/mol. The molecule has 2 heterocycles. The van der Waals surface area contributed by atoms with Crippen LogP contribution in [0.1, 0.15) is 52.0 Å². The van der Waals surface area contributed by atoms with Crippen molar-refractivity contribution >= 4 is 11.8 Å². The number of aromatic nitrogens is 1. The highest BCUT2D eigenvalue weighted by molar-refractivity contribution is 5.85. The predicted octanol–water partition coefficient (Wildman–Crippen LogP) is 4.22. The molecule has 0 aliphatic carbocycles. The van der Waals surface area contributed by atoms with Crippen LogP contribution in [-0.2, 0) is 16.0 Å². The van der Waals surface area contributed by atoms with Gasteiger partial charge >= 0.3 is 0 Å². The van der Waals surface area contributed by atoms with E-state index in [9.17, 15) is 9.59 Å². The first-order chi connectivity index (χ1) is 14.4. The third-order valence-corrected chi connectivity index (χ3v) is 5.81. The SMILES string of the molecule is CCCC(=O)N1CCCC(Cc2ccccc2-c2cccnc2)(C(=O)NC(C)C)C1. The number of likely N-dealkylation sites (tertiary alicyclic amines) is 1. The number of nitrogens with one attached hydrogen (secondary N) is 1. The fraction of sp³-hybridized carbons (Fsp3) is 0.480. The normalized spacial score (nSPS) is 19.0. The Morgan fingerprint density at radius 1 is 1.20 bits per heavy atom. The van der Waals surface area contributed by atoms with Crippen molar-refractivity contribution in [1.82, 2.24) is 15.2 Å². The highest BCUT2D eigenvalue weighted by atomic mass is 16.2. The molecule has 160 valence electrons. The highest BCUT2D eigenvalue weighted by Gasteiger charge is 2.43. The summed E-state index contributed by atoms with van der Waals surface area (Å²) in [7, 11) is 0. The average molecular weight is 408 g/mol. The van der Waals surface area contributed by atoms with E-state index >= 15 is 0 Å². The molecule has 0 bridgehead atoms. The van der Waals surface area contributed by atoms with E-state index in [1.54, 1.807) is 6.20 Å². The average Bonchev–Trinajstić information content (AvgIpc) is 2.74. The van der Waals surface area contributed by atoms with Crippen molar-refractivity contribution in [1.29, 1.82) is 0 Å². The lowest BCUT2D eigenvalue weighted by molar-refractivity contribution is -0.142. The van der Waals surface area contributed by atoms with Crippen molar-refractivity contribution in [3.8, 4) is 11.1 Å². The van der Waals surface area contributed by atoms with Gasteiger partial charge in [0.1, 0.15) is 0 Å². The van der Waals surface area contributed by atoms with E-state index in [2.05, 4.69) is 22.4 Å². The van der Waals surface area contributed by atoms with Crippen LogP contribution in [0.5, 0.6) is 0 Å². The van der Waals surface area contributed by atoms with Crippen LogP contribution in [0, 0.1) is 5.41 Å². The van der Waals surface area contributed by atoms with Crippen LogP contribution in [0.4, 0.5) is 0 Å². The molecule has 1 aromatic heterocycles. The van der Waals surface area contributed by atoms with Crippen LogP contribution in [-0.4, -0.2) is 40.8 Å². The minimum absolute atomic E-state index is 0.0486. The summed E-state index contributed by atoms with van der Waals surface area (Å²) in [6.07, 6.45) is 7.21. The number of nitrogens with zero attached hydrogens (tertiary/aromatic N) is 2. The first-order valence-electron chi connectivity index (χ1n) is 11.0. The molecule has 0 radical (unpaired) electrons. The maximum Gasteiger partial charge on any atom is 0.228 e. The summed E-state index contributed by atoms with van der Waals surface area (Å²) in [5.41, 5.74) is 2.64. The first-order valence-corrected chi connectivity index (χ1v) is 11.0. The zero-order valence-corrected chi connectivity index (χ0v) is 18.4. The van der Waals surface area contributed by atoms with Crippen molar-refractivity contribution in [2.24, 2.45) is 5.41 Å². The molecule has 1 aromatic carbocycles. The number of hydrogen-bond donors (Lipinski definition) is 1. The molecule has 0 saturated carbocycles. The van der Waals surface area contributed by atoms with Crippen molar-refractivity contribution in [3.63, 3.8) is 0 Å². The molecule has 30 heavy (non-hydrogen) atoms. The third kappa shape index (κ3) is 5.07. The van der Waals surface area contributed by atoms with Gasteiger partial charge in [0.2, 0.25) is 11.8 Å². The number of amides is 2. The van der Waals surface area contributed by atoms with Crippen LogP contribution < -0.4 is 5.32 Å². The van der Waals surface area contributed by atoms with E-state index in [0.717, 1.165) is 42.5 Å². The molecule has 1 aliphatic heterocycles. The Bertz CT molecular complexity index is 866. The van der Waals surface area contributed by atoms with E-state index in [-0.39, 0.29) is 17.9 Å². The Labute approximate surface area is 179 Å². The lowest BCUT2D eigenvalue weighted by Crippen LogP contribution is -2.55. The van der Waals surface area contributed by atoms with E-state index in [1.165, 1.54) is 0 Å². The van der Waals surface area contributed by atoms with Gasteiger partial charge in [-0.15, -0.1) is 0 Å². The lowest BCUT2D eigenvalue weighted by atomic mass is 9.73. The smallest absolute Gasteiger partial charge is 0.228 e. The maximum atomic E-state index is 13.4.